The number of halogens is 4. The van der Waals surface area contributed by atoms with Crippen LogP contribution in [-0.4, -0.2) is 12.2 Å². The van der Waals surface area contributed by atoms with Crippen LogP contribution >= 0.6 is 23.8 Å². The van der Waals surface area contributed by atoms with Crippen molar-refractivity contribution in [1.82, 2.24) is 5.32 Å². The van der Waals surface area contributed by atoms with Gasteiger partial charge < -0.3 is 10.6 Å². The zero-order valence-corrected chi connectivity index (χ0v) is 9.72. The van der Waals surface area contributed by atoms with Crippen LogP contribution < -0.4 is 10.6 Å². The van der Waals surface area contributed by atoms with Crippen molar-refractivity contribution >= 4 is 34.6 Å². The Morgan fingerprint density at radius 1 is 1.31 bits per heavy atom. The molecular weight excluding hydrogens is 261 g/mol. The van der Waals surface area contributed by atoms with Gasteiger partial charge in [0.2, 0.25) is 0 Å². The van der Waals surface area contributed by atoms with E-state index in [1.54, 1.807) is 7.05 Å². The van der Waals surface area contributed by atoms with Crippen LogP contribution in [0.1, 0.15) is 5.56 Å². The molecule has 2 N–H and O–H groups in total. The molecule has 2 nitrogen and oxygen atoms in total. The summed E-state index contributed by atoms with van der Waals surface area (Å²) in [5, 5.41) is 5.38. The van der Waals surface area contributed by atoms with E-state index in [-0.39, 0.29) is 15.8 Å². The Labute approximate surface area is 101 Å². The molecule has 1 aromatic carbocycles. The first-order valence-corrected chi connectivity index (χ1v) is 4.98. The van der Waals surface area contributed by atoms with Crippen molar-refractivity contribution in [2.24, 2.45) is 0 Å². The number of anilines is 1. The van der Waals surface area contributed by atoms with Gasteiger partial charge in [-0.3, -0.25) is 0 Å². The predicted octanol–water partition coefficient (Wildman–Crippen LogP) is 3.28. The van der Waals surface area contributed by atoms with E-state index in [0.717, 1.165) is 12.1 Å². The Kier molecular flexibility index (Phi) is 3.98. The molecular formula is C9H8ClF3N2S. The van der Waals surface area contributed by atoms with E-state index in [1.807, 2.05) is 0 Å². The molecule has 0 radical (unpaired) electrons. The molecule has 0 aliphatic rings. The van der Waals surface area contributed by atoms with E-state index < -0.39 is 11.7 Å². The van der Waals surface area contributed by atoms with Crippen LogP contribution in [0.15, 0.2) is 18.2 Å². The van der Waals surface area contributed by atoms with Crippen molar-refractivity contribution in [2.75, 3.05) is 12.4 Å². The lowest BCUT2D eigenvalue weighted by atomic mass is 10.2. The number of thiocarbonyl (C=S) groups is 1. The van der Waals surface area contributed by atoms with Gasteiger partial charge in [-0.25, -0.2) is 0 Å². The van der Waals surface area contributed by atoms with Crippen molar-refractivity contribution in [3.8, 4) is 0 Å². The molecule has 0 aliphatic carbocycles. The molecule has 88 valence electrons. The standard InChI is InChI=1S/C9H8ClF3N2S/c1-14-8(16)15-7-3-5(9(11,12)13)2-6(10)4-7/h2-4H,1H3,(H2,14,15,16). The van der Waals surface area contributed by atoms with Gasteiger partial charge in [-0.1, -0.05) is 11.6 Å². The van der Waals surface area contributed by atoms with Crippen LogP contribution in [0.3, 0.4) is 0 Å². The second kappa shape index (κ2) is 4.88. The number of hydrogen-bond acceptors (Lipinski definition) is 1. The van der Waals surface area contributed by atoms with E-state index in [9.17, 15) is 13.2 Å². The zero-order chi connectivity index (χ0) is 12.3. The lowest BCUT2D eigenvalue weighted by Crippen LogP contribution is -2.24. The maximum Gasteiger partial charge on any atom is 0.416 e. The SMILES string of the molecule is CNC(=S)Nc1cc(Cl)cc(C(F)(F)F)c1. The topological polar surface area (TPSA) is 24.1 Å². The highest BCUT2D eigenvalue weighted by molar-refractivity contribution is 7.80. The molecule has 7 heteroatoms. The molecule has 0 aliphatic heterocycles. The second-order valence-electron chi connectivity index (χ2n) is 2.93. The third-order valence-electron chi connectivity index (χ3n) is 1.71. The Balaban J connectivity index is 3.04. The molecule has 1 aromatic rings. The minimum Gasteiger partial charge on any atom is -0.366 e. The van der Waals surface area contributed by atoms with Crippen molar-refractivity contribution in [3.63, 3.8) is 0 Å². The van der Waals surface area contributed by atoms with E-state index in [2.05, 4.69) is 10.6 Å². The first-order chi connectivity index (χ1) is 7.32. The lowest BCUT2D eigenvalue weighted by molar-refractivity contribution is -0.137. The Hall–Kier alpha value is -1.01. The third kappa shape index (κ3) is 3.53. The normalized spacial score (nSPS) is 11.1. The molecule has 0 aromatic heterocycles. The highest BCUT2D eigenvalue weighted by atomic mass is 35.5. The molecule has 1 rings (SSSR count). The quantitative estimate of drug-likeness (QED) is 0.765. The molecule has 0 fully saturated rings. The first kappa shape index (κ1) is 13.1. The maximum atomic E-state index is 12.4. The summed E-state index contributed by atoms with van der Waals surface area (Å²) in [5.74, 6) is 0. The Morgan fingerprint density at radius 2 is 1.94 bits per heavy atom. The Morgan fingerprint density at radius 3 is 2.44 bits per heavy atom. The number of hydrogen-bond donors (Lipinski definition) is 2. The summed E-state index contributed by atoms with van der Waals surface area (Å²) in [4.78, 5) is 0. The average molecular weight is 269 g/mol. The lowest BCUT2D eigenvalue weighted by Gasteiger charge is -2.11. The summed E-state index contributed by atoms with van der Waals surface area (Å²) in [6, 6.07) is 3.16. The van der Waals surface area contributed by atoms with Gasteiger partial charge in [-0.2, -0.15) is 13.2 Å². The maximum absolute atomic E-state index is 12.4. The third-order valence-corrected chi connectivity index (χ3v) is 2.23. The van der Waals surface area contributed by atoms with Crippen LogP contribution in [0.25, 0.3) is 0 Å². The minimum absolute atomic E-state index is 0.00349. The zero-order valence-electron chi connectivity index (χ0n) is 8.15. The summed E-state index contributed by atoms with van der Waals surface area (Å²) < 4.78 is 37.3. The molecule has 16 heavy (non-hydrogen) atoms. The highest BCUT2D eigenvalue weighted by Crippen LogP contribution is 2.33. The molecule has 0 saturated heterocycles. The van der Waals surface area contributed by atoms with Crippen LogP contribution in [0.4, 0.5) is 18.9 Å². The fourth-order valence-electron chi connectivity index (χ4n) is 1.02. The smallest absolute Gasteiger partial charge is 0.366 e. The Bertz CT molecular complexity index is 406. The van der Waals surface area contributed by atoms with E-state index >= 15 is 0 Å². The molecule has 0 heterocycles. The average Bonchev–Trinajstić information content (AvgIpc) is 2.15. The first-order valence-electron chi connectivity index (χ1n) is 4.19. The van der Waals surface area contributed by atoms with Crippen LogP contribution in [0, 0.1) is 0 Å². The highest BCUT2D eigenvalue weighted by Gasteiger charge is 2.31. The van der Waals surface area contributed by atoms with Gasteiger partial charge in [-0.15, -0.1) is 0 Å². The molecule has 0 spiro atoms. The van der Waals surface area contributed by atoms with Crippen molar-refractivity contribution in [2.45, 2.75) is 6.18 Å². The van der Waals surface area contributed by atoms with Gasteiger partial charge in [0, 0.05) is 17.8 Å². The fourth-order valence-corrected chi connectivity index (χ4v) is 1.37. The van der Waals surface area contributed by atoms with Crippen LogP contribution in [0.2, 0.25) is 5.02 Å². The van der Waals surface area contributed by atoms with E-state index in [0.29, 0.717) is 0 Å². The van der Waals surface area contributed by atoms with Gasteiger partial charge in [-0.05, 0) is 30.4 Å². The second-order valence-corrected chi connectivity index (χ2v) is 3.78. The van der Waals surface area contributed by atoms with Gasteiger partial charge in [0.1, 0.15) is 0 Å². The van der Waals surface area contributed by atoms with Crippen molar-refractivity contribution in [3.05, 3.63) is 28.8 Å². The number of rotatable bonds is 1. The molecule has 0 atom stereocenters. The summed E-state index contributed by atoms with van der Waals surface area (Å²) in [7, 11) is 1.56. The molecule has 0 amide bonds. The van der Waals surface area contributed by atoms with E-state index in [1.165, 1.54) is 6.07 Å². The van der Waals surface area contributed by atoms with Crippen LogP contribution in [-0.2, 0) is 6.18 Å². The predicted molar refractivity (Wildman–Crippen MR) is 61.7 cm³/mol. The molecule has 0 bridgehead atoms. The van der Waals surface area contributed by atoms with Gasteiger partial charge in [0.15, 0.2) is 5.11 Å². The largest absolute Gasteiger partial charge is 0.416 e. The van der Waals surface area contributed by atoms with Crippen molar-refractivity contribution < 1.29 is 13.2 Å². The number of alkyl halides is 3. The molecule has 0 saturated carbocycles. The summed E-state index contributed by atoms with van der Waals surface area (Å²) in [6.07, 6.45) is -4.43. The number of benzene rings is 1. The number of nitrogens with one attached hydrogen (secondary N) is 2. The molecule has 0 unspecified atom stereocenters. The fraction of sp³-hybridized carbons (Fsp3) is 0.222. The van der Waals surface area contributed by atoms with Gasteiger partial charge in [0.25, 0.3) is 0 Å². The van der Waals surface area contributed by atoms with Crippen molar-refractivity contribution in [1.29, 1.82) is 0 Å². The minimum atomic E-state index is -4.43. The van der Waals surface area contributed by atoms with Gasteiger partial charge in [0.05, 0.1) is 5.56 Å². The van der Waals surface area contributed by atoms with Gasteiger partial charge >= 0.3 is 6.18 Å². The summed E-state index contributed by atoms with van der Waals surface area (Å²) >= 11 is 10.3. The summed E-state index contributed by atoms with van der Waals surface area (Å²) in [6.45, 7) is 0. The van der Waals surface area contributed by atoms with Crippen LogP contribution in [0.5, 0.6) is 0 Å². The van der Waals surface area contributed by atoms with E-state index in [4.69, 9.17) is 23.8 Å². The monoisotopic (exact) mass is 268 g/mol. The summed E-state index contributed by atoms with van der Waals surface area (Å²) in [5.41, 5.74) is -0.624.